The molecule has 1 aliphatic heterocycles. The van der Waals surface area contributed by atoms with Gasteiger partial charge in [-0.25, -0.2) is 13.9 Å². The quantitative estimate of drug-likeness (QED) is 0.130. The molecule has 3 aromatic heterocycles. The van der Waals surface area contributed by atoms with Crippen LogP contribution >= 0.6 is 11.8 Å². The lowest BCUT2D eigenvalue weighted by atomic mass is 9.92. The largest absolute Gasteiger partial charge is 0.505 e. The number of benzene rings is 3. The molecule has 0 bridgehead atoms. The van der Waals surface area contributed by atoms with Gasteiger partial charge in [-0.1, -0.05) is 62.9 Å². The molecule has 4 heterocycles. The number of carbonyl (C=O) groups excluding carboxylic acids is 1. The maximum atomic E-state index is 13.8. The van der Waals surface area contributed by atoms with E-state index in [0.717, 1.165) is 71.2 Å². The standard InChI is InChI=1S/C39H41FN8O4S/c1-39(2,3)34-23-36(48(45-34)28-11-13-31(40)32(49)22-28)42-38(50)41-24-27-7-4-5-10-33(27)53-30-12-14-35-43-44-37(47(35)25-30)26-8-6-9-29(21-26)52-20-17-46-15-18-51-19-16-46/h4-14,21-23,25,49H,15-20,24H2,1-3H3,(H2,41,42,50). The van der Waals surface area contributed by atoms with E-state index < -0.39 is 17.6 Å². The van der Waals surface area contributed by atoms with Crippen LogP contribution in [-0.2, 0) is 16.7 Å². The van der Waals surface area contributed by atoms with Gasteiger partial charge in [-0.05, 0) is 48.0 Å². The summed E-state index contributed by atoms with van der Waals surface area (Å²) in [6.45, 7) is 11.1. The molecule has 274 valence electrons. The fourth-order valence-electron chi connectivity index (χ4n) is 5.85. The molecule has 1 saturated heterocycles. The summed E-state index contributed by atoms with van der Waals surface area (Å²) >= 11 is 1.57. The molecule has 0 saturated carbocycles. The third kappa shape index (κ3) is 8.62. The van der Waals surface area contributed by atoms with Gasteiger partial charge in [0.2, 0.25) is 0 Å². The number of pyridine rings is 1. The molecule has 0 unspecified atom stereocenters. The average molecular weight is 737 g/mol. The summed E-state index contributed by atoms with van der Waals surface area (Å²) in [6, 6.07) is 25.0. The maximum absolute atomic E-state index is 13.8. The van der Waals surface area contributed by atoms with Gasteiger partial charge < -0.3 is 19.9 Å². The molecule has 3 N–H and O–H groups in total. The van der Waals surface area contributed by atoms with E-state index in [1.54, 1.807) is 17.8 Å². The first-order valence-electron chi connectivity index (χ1n) is 17.4. The smallest absolute Gasteiger partial charge is 0.320 e. The predicted molar refractivity (Wildman–Crippen MR) is 201 cm³/mol. The van der Waals surface area contributed by atoms with E-state index in [2.05, 4.69) is 30.8 Å². The number of phenols is 1. The zero-order valence-corrected chi connectivity index (χ0v) is 30.6. The minimum absolute atomic E-state index is 0.255. The molecule has 0 radical (unpaired) electrons. The number of fused-ring (bicyclic) bond motifs is 1. The second-order valence-corrected chi connectivity index (χ2v) is 14.8. The summed E-state index contributed by atoms with van der Waals surface area (Å²) in [7, 11) is 0. The van der Waals surface area contributed by atoms with E-state index in [0.29, 0.717) is 29.6 Å². The van der Waals surface area contributed by atoms with Crippen molar-refractivity contribution in [3.05, 3.63) is 108 Å². The number of urea groups is 1. The van der Waals surface area contributed by atoms with Crippen molar-refractivity contribution < 1.29 is 23.8 Å². The van der Waals surface area contributed by atoms with E-state index in [9.17, 15) is 14.3 Å². The Bertz CT molecular complexity index is 2230. The number of nitrogens with zero attached hydrogens (tertiary/aromatic N) is 6. The highest BCUT2D eigenvalue weighted by Gasteiger charge is 2.22. The zero-order valence-electron chi connectivity index (χ0n) is 29.8. The van der Waals surface area contributed by atoms with E-state index in [4.69, 9.17) is 9.47 Å². The molecule has 1 fully saturated rings. The van der Waals surface area contributed by atoms with Gasteiger partial charge in [0.05, 0.1) is 24.6 Å². The Balaban J connectivity index is 1.03. The van der Waals surface area contributed by atoms with Gasteiger partial charge in [0.1, 0.15) is 18.2 Å². The van der Waals surface area contributed by atoms with Gasteiger partial charge in [-0.3, -0.25) is 14.6 Å². The molecule has 7 rings (SSSR count). The van der Waals surface area contributed by atoms with Crippen LogP contribution in [0.2, 0.25) is 0 Å². The highest BCUT2D eigenvalue weighted by Crippen LogP contribution is 2.33. The van der Waals surface area contributed by atoms with Crippen LogP contribution in [0, 0.1) is 5.82 Å². The Morgan fingerprint density at radius 3 is 2.64 bits per heavy atom. The van der Waals surface area contributed by atoms with Crippen LogP contribution in [0.3, 0.4) is 0 Å². The first-order valence-corrected chi connectivity index (χ1v) is 18.2. The summed E-state index contributed by atoms with van der Waals surface area (Å²) in [5.74, 6) is 0.613. The summed E-state index contributed by atoms with van der Waals surface area (Å²) in [5.41, 5.74) is 3.34. The highest BCUT2D eigenvalue weighted by molar-refractivity contribution is 7.99. The van der Waals surface area contributed by atoms with Gasteiger partial charge in [-0.2, -0.15) is 5.10 Å². The maximum Gasteiger partial charge on any atom is 0.320 e. The fraction of sp³-hybridized carbons (Fsp3) is 0.282. The van der Waals surface area contributed by atoms with Crippen LogP contribution in [0.1, 0.15) is 32.0 Å². The molecule has 3 aromatic carbocycles. The first kappa shape index (κ1) is 35.9. The van der Waals surface area contributed by atoms with Crippen molar-refractivity contribution in [2.75, 3.05) is 44.8 Å². The van der Waals surface area contributed by atoms with Crippen LogP contribution in [0.25, 0.3) is 22.7 Å². The summed E-state index contributed by atoms with van der Waals surface area (Å²) < 4.78 is 28.8. The summed E-state index contributed by atoms with van der Waals surface area (Å²) in [5, 5.41) is 29.4. The summed E-state index contributed by atoms with van der Waals surface area (Å²) in [6.07, 6.45) is 2.01. The SMILES string of the molecule is CC(C)(C)c1cc(NC(=O)NCc2ccccc2Sc2ccc3nnc(-c4cccc(OCCN5CCOCC5)c4)n3c2)n(-c2ccc(F)c(O)c2)n1. The number of ether oxygens (including phenoxy) is 2. The number of amides is 2. The Morgan fingerprint density at radius 1 is 1.00 bits per heavy atom. The molecular weight excluding hydrogens is 696 g/mol. The van der Waals surface area contributed by atoms with Crippen LogP contribution in [0.5, 0.6) is 11.5 Å². The second-order valence-electron chi connectivity index (χ2n) is 13.7. The number of hydrogen-bond acceptors (Lipinski definition) is 9. The van der Waals surface area contributed by atoms with Gasteiger partial charge in [0.25, 0.3) is 0 Å². The van der Waals surface area contributed by atoms with Crippen LogP contribution in [-0.4, -0.2) is 79.9 Å². The Hall–Kier alpha value is -5.44. The lowest BCUT2D eigenvalue weighted by Crippen LogP contribution is -2.38. The third-order valence-electron chi connectivity index (χ3n) is 8.78. The van der Waals surface area contributed by atoms with E-state index in [-0.39, 0.29) is 12.0 Å². The van der Waals surface area contributed by atoms with Crippen molar-refractivity contribution >= 4 is 29.3 Å². The molecule has 1 aliphatic rings. The Kier molecular flexibility index (Phi) is 10.6. The number of anilines is 1. The molecule has 0 spiro atoms. The van der Waals surface area contributed by atoms with Gasteiger partial charge in [0.15, 0.2) is 23.0 Å². The first-order chi connectivity index (χ1) is 25.6. The molecule has 2 amide bonds. The topological polar surface area (TPSA) is 131 Å². The monoisotopic (exact) mass is 736 g/mol. The summed E-state index contributed by atoms with van der Waals surface area (Å²) in [4.78, 5) is 17.5. The molecule has 0 atom stereocenters. The molecular formula is C39H41FN8O4S. The van der Waals surface area contributed by atoms with Crippen LogP contribution in [0.15, 0.2) is 101 Å². The lowest BCUT2D eigenvalue weighted by Gasteiger charge is -2.26. The number of nitrogens with one attached hydrogen (secondary N) is 2. The third-order valence-corrected chi connectivity index (χ3v) is 9.88. The normalized spacial score (nSPS) is 13.7. The molecule has 12 nitrogen and oxygen atoms in total. The van der Waals surface area contributed by atoms with Crippen molar-refractivity contribution in [2.24, 2.45) is 0 Å². The number of rotatable bonds is 11. The van der Waals surface area contributed by atoms with E-state index in [1.165, 1.54) is 16.8 Å². The van der Waals surface area contributed by atoms with Crippen molar-refractivity contribution in [2.45, 2.75) is 42.5 Å². The van der Waals surface area contributed by atoms with Gasteiger partial charge in [-0.15, -0.1) is 10.2 Å². The lowest BCUT2D eigenvalue weighted by molar-refractivity contribution is 0.0322. The Labute approximate surface area is 310 Å². The number of hydrogen-bond donors (Lipinski definition) is 3. The van der Waals surface area contributed by atoms with Crippen LogP contribution < -0.4 is 15.4 Å². The predicted octanol–water partition coefficient (Wildman–Crippen LogP) is 6.91. The second kappa shape index (κ2) is 15.7. The van der Waals surface area contributed by atoms with Crippen molar-refractivity contribution in [1.29, 1.82) is 0 Å². The average Bonchev–Trinajstić information content (AvgIpc) is 3.78. The number of phenolic OH excluding ortho intramolecular Hbond substituents is 1. The highest BCUT2D eigenvalue weighted by atomic mass is 32.2. The molecule has 53 heavy (non-hydrogen) atoms. The van der Waals surface area contributed by atoms with Crippen molar-refractivity contribution in [3.63, 3.8) is 0 Å². The Morgan fingerprint density at radius 2 is 1.83 bits per heavy atom. The van der Waals surface area contributed by atoms with Crippen LogP contribution in [0.4, 0.5) is 15.0 Å². The number of carbonyl (C=O) groups is 1. The van der Waals surface area contributed by atoms with E-state index >= 15 is 0 Å². The van der Waals surface area contributed by atoms with Crippen molar-refractivity contribution in [1.82, 2.24) is 34.6 Å². The van der Waals surface area contributed by atoms with Crippen molar-refractivity contribution in [3.8, 4) is 28.6 Å². The molecule has 0 aliphatic carbocycles. The van der Waals surface area contributed by atoms with Gasteiger partial charge in [0, 0.05) is 65.3 Å². The number of halogens is 1. The zero-order chi connectivity index (χ0) is 37.0. The number of aromatic hydroxyl groups is 1. The van der Waals surface area contributed by atoms with Gasteiger partial charge >= 0.3 is 6.03 Å². The number of aromatic nitrogens is 5. The van der Waals surface area contributed by atoms with E-state index in [1.807, 2.05) is 92.0 Å². The fourth-order valence-corrected chi connectivity index (χ4v) is 6.82. The molecule has 14 heteroatoms. The number of morpholine rings is 1. The minimum atomic E-state index is -0.742. The minimum Gasteiger partial charge on any atom is -0.505 e. The molecule has 6 aromatic rings.